The van der Waals surface area contributed by atoms with Crippen LogP contribution in [-0.2, 0) is 16.1 Å². The van der Waals surface area contributed by atoms with Crippen LogP contribution in [0, 0.1) is 12.7 Å². The van der Waals surface area contributed by atoms with Crippen LogP contribution < -0.4 is 5.56 Å². The number of benzene rings is 1. The van der Waals surface area contributed by atoms with Gasteiger partial charge in [0.05, 0.1) is 24.4 Å². The summed E-state index contributed by atoms with van der Waals surface area (Å²) in [6.45, 7) is 5.24. The van der Waals surface area contributed by atoms with Crippen molar-refractivity contribution >= 4 is 33.4 Å². The maximum Gasteiger partial charge on any atom is 0.348 e. The summed E-state index contributed by atoms with van der Waals surface area (Å²) < 4.78 is 19.4. The minimum Gasteiger partial charge on any atom is -0.462 e. The smallest absolute Gasteiger partial charge is 0.348 e. The highest BCUT2D eigenvalue weighted by Gasteiger charge is 2.22. The number of aryl methyl sites for hydroxylation is 1. The summed E-state index contributed by atoms with van der Waals surface area (Å²) in [6.07, 6.45) is 1.31. The van der Waals surface area contributed by atoms with Crippen molar-refractivity contribution in [2.45, 2.75) is 33.4 Å². The molecule has 0 radical (unpaired) electrons. The summed E-state index contributed by atoms with van der Waals surface area (Å²) in [7, 11) is 1.63. The molecule has 1 atom stereocenters. The number of likely N-dealkylation sites (N-methyl/N-ethyl adjacent to an activating group) is 1. The molecule has 1 amide bonds. The molecule has 0 N–H and O–H groups in total. The fourth-order valence-corrected chi connectivity index (χ4v) is 4.13. The van der Waals surface area contributed by atoms with E-state index in [1.54, 1.807) is 33.0 Å². The summed E-state index contributed by atoms with van der Waals surface area (Å²) in [4.78, 5) is 44.3. The zero-order valence-electron chi connectivity index (χ0n) is 17.1. The Morgan fingerprint density at radius 2 is 1.97 bits per heavy atom. The molecule has 0 bridgehead atoms. The molecule has 0 aliphatic carbocycles. The third-order valence-corrected chi connectivity index (χ3v) is 6.19. The third kappa shape index (κ3) is 4.11. The average Bonchev–Trinajstić information content (AvgIpc) is 3.07. The summed E-state index contributed by atoms with van der Waals surface area (Å²) >= 11 is 1.10. The summed E-state index contributed by atoms with van der Waals surface area (Å²) in [5.41, 5.74) is 0.891. The van der Waals surface area contributed by atoms with E-state index in [0.717, 1.165) is 16.9 Å². The summed E-state index contributed by atoms with van der Waals surface area (Å²) in [5, 5.41) is 0.313. The first kappa shape index (κ1) is 21.6. The molecule has 30 heavy (non-hydrogen) atoms. The van der Waals surface area contributed by atoms with Crippen LogP contribution in [0.3, 0.4) is 0 Å². The molecular formula is C21H22FN3O4S. The van der Waals surface area contributed by atoms with Gasteiger partial charge in [-0.15, -0.1) is 11.3 Å². The van der Waals surface area contributed by atoms with E-state index < -0.39 is 5.97 Å². The van der Waals surface area contributed by atoms with E-state index in [2.05, 4.69) is 4.98 Å². The second-order valence-corrected chi connectivity index (χ2v) is 7.87. The number of halogens is 1. The standard InChI is InChI=1S/C21H22FN3O4S/c1-5-29-21(28)18-12(2)17-19(30-18)23-11-25(20(17)27)10-16(26)24(4)13(3)14-6-8-15(22)9-7-14/h6-9,11,13H,5,10H2,1-4H3. The van der Waals surface area contributed by atoms with Crippen molar-refractivity contribution < 1.29 is 18.7 Å². The normalized spacial score (nSPS) is 12.0. The van der Waals surface area contributed by atoms with Crippen LogP contribution in [0.1, 0.15) is 40.7 Å². The number of fused-ring (bicyclic) bond motifs is 1. The van der Waals surface area contributed by atoms with Gasteiger partial charge in [-0.1, -0.05) is 12.1 Å². The summed E-state index contributed by atoms with van der Waals surface area (Å²) in [6, 6.07) is 5.62. The van der Waals surface area contributed by atoms with Crippen LogP contribution in [-0.4, -0.2) is 40.0 Å². The van der Waals surface area contributed by atoms with Crippen LogP contribution >= 0.6 is 11.3 Å². The Bertz CT molecular complexity index is 1150. The molecule has 3 aromatic rings. The number of ether oxygens (including phenoxy) is 1. The Kier molecular flexibility index (Phi) is 6.31. The number of rotatable bonds is 6. The SMILES string of the molecule is CCOC(=O)c1sc2ncn(CC(=O)N(C)C(C)c3ccc(F)cc3)c(=O)c2c1C. The van der Waals surface area contributed by atoms with Crippen molar-refractivity contribution in [3.8, 4) is 0 Å². The lowest BCUT2D eigenvalue weighted by molar-refractivity contribution is -0.132. The average molecular weight is 431 g/mol. The molecule has 2 heterocycles. The summed E-state index contributed by atoms with van der Waals surface area (Å²) in [5.74, 6) is -1.14. The number of carbonyl (C=O) groups excluding carboxylic acids is 2. The number of hydrogen-bond donors (Lipinski definition) is 0. The largest absolute Gasteiger partial charge is 0.462 e. The highest BCUT2D eigenvalue weighted by Crippen LogP contribution is 2.27. The number of aromatic nitrogens is 2. The lowest BCUT2D eigenvalue weighted by atomic mass is 10.1. The first-order valence-electron chi connectivity index (χ1n) is 9.41. The first-order chi connectivity index (χ1) is 14.2. The van der Waals surface area contributed by atoms with E-state index in [4.69, 9.17) is 4.74 Å². The molecular weight excluding hydrogens is 409 g/mol. The number of amides is 1. The number of hydrogen-bond acceptors (Lipinski definition) is 6. The monoisotopic (exact) mass is 431 g/mol. The molecule has 0 saturated heterocycles. The molecule has 0 spiro atoms. The fourth-order valence-electron chi connectivity index (χ4n) is 3.10. The second kappa shape index (κ2) is 8.74. The molecule has 3 rings (SSSR count). The highest BCUT2D eigenvalue weighted by molar-refractivity contribution is 7.20. The van der Waals surface area contributed by atoms with Crippen molar-refractivity contribution in [2.24, 2.45) is 0 Å². The predicted molar refractivity (Wildman–Crippen MR) is 112 cm³/mol. The van der Waals surface area contributed by atoms with Gasteiger partial charge >= 0.3 is 5.97 Å². The number of thiophene rings is 1. The fraction of sp³-hybridized carbons (Fsp3) is 0.333. The van der Waals surface area contributed by atoms with Crippen molar-refractivity contribution in [1.82, 2.24) is 14.5 Å². The molecule has 1 aromatic carbocycles. The second-order valence-electron chi connectivity index (χ2n) is 6.87. The van der Waals surface area contributed by atoms with Gasteiger partial charge in [0.25, 0.3) is 5.56 Å². The quantitative estimate of drug-likeness (QED) is 0.560. The minimum atomic E-state index is -0.493. The molecule has 0 aliphatic heterocycles. The van der Waals surface area contributed by atoms with Crippen molar-refractivity contribution in [3.63, 3.8) is 0 Å². The first-order valence-corrected chi connectivity index (χ1v) is 10.2. The van der Waals surface area contributed by atoms with Crippen molar-refractivity contribution in [1.29, 1.82) is 0 Å². The van der Waals surface area contributed by atoms with Crippen LogP contribution in [0.2, 0.25) is 0 Å². The van der Waals surface area contributed by atoms with Gasteiger partial charge in [0.2, 0.25) is 5.91 Å². The number of esters is 1. The van der Waals surface area contributed by atoms with Gasteiger partial charge in [0.15, 0.2) is 0 Å². The molecule has 9 heteroatoms. The Morgan fingerprint density at radius 1 is 1.30 bits per heavy atom. The highest BCUT2D eigenvalue weighted by atomic mass is 32.1. The van der Waals surface area contributed by atoms with Crippen molar-refractivity contribution in [2.75, 3.05) is 13.7 Å². The van der Waals surface area contributed by atoms with Gasteiger partial charge in [-0.25, -0.2) is 14.2 Å². The molecule has 2 aromatic heterocycles. The zero-order valence-corrected chi connectivity index (χ0v) is 18.0. The van der Waals surface area contributed by atoms with Gasteiger partial charge in [0, 0.05) is 7.05 Å². The Labute approximate surface area is 176 Å². The maximum atomic E-state index is 13.1. The van der Waals surface area contributed by atoms with E-state index in [9.17, 15) is 18.8 Å². The van der Waals surface area contributed by atoms with E-state index in [1.165, 1.54) is 27.9 Å². The van der Waals surface area contributed by atoms with Crippen molar-refractivity contribution in [3.05, 3.63) is 62.8 Å². The Hall–Kier alpha value is -3.07. The maximum absolute atomic E-state index is 13.1. The van der Waals surface area contributed by atoms with Crippen LogP contribution in [0.4, 0.5) is 4.39 Å². The van der Waals surface area contributed by atoms with Crippen LogP contribution in [0.15, 0.2) is 35.4 Å². The predicted octanol–water partition coefficient (Wildman–Crippen LogP) is 3.30. The molecule has 158 valence electrons. The minimum absolute atomic E-state index is 0.201. The lowest BCUT2D eigenvalue weighted by Crippen LogP contribution is -2.35. The van der Waals surface area contributed by atoms with E-state index in [-0.39, 0.29) is 36.5 Å². The van der Waals surface area contributed by atoms with E-state index >= 15 is 0 Å². The molecule has 7 nitrogen and oxygen atoms in total. The van der Waals surface area contributed by atoms with Gasteiger partial charge < -0.3 is 9.64 Å². The van der Waals surface area contributed by atoms with Gasteiger partial charge in [-0.2, -0.15) is 0 Å². The number of nitrogens with zero attached hydrogens (tertiary/aromatic N) is 3. The Morgan fingerprint density at radius 3 is 2.60 bits per heavy atom. The molecule has 0 aliphatic rings. The van der Waals surface area contributed by atoms with E-state index in [1.807, 2.05) is 6.92 Å². The Balaban J connectivity index is 1.86. The molecule has 0 fully saturated rings. The zero-order chi connectivity index (χ0) is 22.0. The number of carbonyl (C=O) groups is 2. The van der Waals surface area contributed by atoms with E-state index in [0.29, 0.717) is 20.7 Å². The molecule has 1 unspecified atom stereocenters. The lowest BCUT2D eigenvalue weighted by Gasteiger charge is -2.25. The van der Waals surface area contributed by atoms with Crippen LogP contribution in [0.5, 0.6) is 0 Å². The van der Waals surface area contributed by atoms with Gasteiger partial charge in [0.1, 0.15) is 22.1 Å². The van der Waals surface area contributed by atoms with Crippen LogP contribution in [0.25, 0.3) is 10.2 Å². The molecule has 0 saturated carbocycles. The third-order valence-electron chi connectivity index (χ3n) is 5.01. The van der Waals surface area contributed by atoms with Gasteiger partial charge in [-0.3, -0.25) is 14.2 Å². The van der Waals surface area contributed by atoms with Gasteiger partial charge in [-0.05, 0) is 44.0 Å². The topological polar surface area (TPSA) is 81.5 Å².